The van der Waals surface area contributed by atoms with E-state index < -0.39 is 23.8 Å². The fourth-order valence-electron chi connectivity index (χ4n) is 3.35. The summed E-state index contributed by atoms with van der Waals surface area (Å²) in [5.74, 6) is 0.378. The smallest absolute Gasteiger partial charge is 0.348 e. The quantitative estimate of drug-likeness (QED) is 0.255. The van der Waals surface area contributed by atoms with Crippen molar-refractivity contribution in [2.45, 2.75) is 27.3 Å². The summed E-state index contributed by atoms with van der Waals surface area (Å²) in [6.45, 7) is 5.50. The van der Waals surface area contributed by atoms with Crippen molar-refractivity contribution in [3.63, 3.8) is 0 Å². The van der Waals surface area contributed by atoms with Gasteiger partial charge < -0.3 is 19.4 Å². The molecule has 2 aromatic heterocycles. The number of esters is 2. The number of carbonyl (C=O) groups excluding carboxylic acids is 4. The minimum absolute atomic E-state index is 0.0380. The van der Waals surface area contributed by atoms with E-state index in [1.54, 1.807) is 25.3 Å². The Morgan fingerprint density at radius 3 is 2.53 bits per heavy atom. The van der Waals surface area contributed by atoms with Crippen LogP contribution in [0.5, 0.6) is 0 Å². The van der Waals surface area contributed by atoms with Gasteiger partial charge in [-0.15, -0.1) is 29.5 Å². The Bertz CT molecular complexity index is 1500. The first-order chi connectivity index (χ1) is 18.2. The zero-order valence-corrected chi connectivity index (χ0v) is 24.8. The molecule has 0 saturated heterocycles. The summed E-state index contributed by atoms with van der Waals surface area (Å²) in [5.41, 5.74) is 1.36. The number of nitrogens with zero attached hydrogens (tertiary/aromatic N) is 2. The van der Waals surface area contributed by atoms with Crippen molar-refractivity contribution in [3.05, 3.63) is 43.5 Å². The van der Waals surface area contributed by atoms with E-state index in [0.29, 0.717) is 10.4 Å². The van der Waals surface area contributed by atoms with E-state index in [-0.39, 0.29) is 46.7 Å². The van der Waals surface area contributed by atoms with E-state index in [0.717, 1.165) is 37.8 Å². The predicted molar refractivity (Wildman–Crippen MR) is 154 cm³/mol. The van der Waals surface area contributed by atoms with Gasteiger partial charge in [0.15, 0.2) is 4.80 Å². The van der Waals surface area contributed by atoms with Crippen molar-refractivity contribution >= 4 is 89.3 Å². The normalized spacial score (nSPS) is 11.3. The first-order valence-corrected chi connectivity index (χ1v) is 14.9. The maximum atomic E-state index is 12.6. The van der Waals surface area contributed by atoms with E-state index in [9.17, 15) is 19.2 Å². The molecule has 0 aliphatic rings. The minimum Gasteiger partial charge on any atom is -0.462 e. The number of thiazole rings is 1. The Morgan fingerprint density at radius 2 is 1.84 bits per heavy atom. The summed E-state index contributed by atoms with van der Waals surface area (Å²) in [6, 6.07) is 5.72. The third kappa shape index (κ3) is 7.13. The number of ether oxygens (including phenoxy) is 2. The van der Waals surface area contributed by atoms with Gasteiger partial charge in [-0.05, 0) is 44.5 Å². The second-order valence-electron chi connectivity index (χ2n) is 7.53. The van der Waals surface area contributed by atoms with Gasteiger partial charge in [-0.2, -0.15) is 4.99 Å². The number of thioether (sulfide) groups is 1. The average Bonchev–Trinajstić information content (AvgIpc) is 3.35. The lowest BCUT2D eigenvalue weighted by Crippen LogP contribution is -2.19. The van der Waals surface area contributed by atoms with Crippen LogP contribution in [0.3, 0.4) is 0 Å². The van der Waals surface area contributed by atoms with Crippen LogP contribution in [0, 0.1) is 19.3 Å². The van der Waals surface area contributed by atoms with Crippen LogP contribution in [0.2, 0.25) is 0 Å². The molecule has 13 heteroatoms. The number of hydrogen-bond donors (Lipinski definition) is 1. The van der Waals surface area contributed by atoms with Gasteiger partial charge in [0.05, 0.1) is 47.0 Å². The number of hydrogen-bond acceptors (Lipinski definition) is 9. The first kappa shape index (κ1) is 29.6. The number of aromatic nitrogens is 1. The molecule has 1 N–H and O–H groups in total. The number of thiophene rings is 1. The molecule has 0 saturated carbocycles. The van der Waals surface area contributed by atoms with Gasteiger partial charge in [-0.25, -0.2) is 9.59 Å². The molecule has 38 heavy (non-hydrogen) atoms. The number of benzene rings is 1. The molecule has 0 spiro atoms. The van der Waals surface area contributed by atoms with E-state index in [2.05, 4.69) is 32.2 Å². The molecule has 9 nitrogen and oxygen atoms in total. The van der Waals surface area contributed by atoms with Gasteiger partial charge in [0.1, 0.15) is 9.88 Å². The molecule has 0 unspecified atom stereocenters. The highest BCUT2D eigenvalue weighted by Crippen LogP contribution is 2.34. The SMILES string of the molecule is C#CCn1c(=NC(=O)CSCC(=O)Nc2sc(C(=O)OCC)c(C)c2C(=O)OCC)sc2cc(Br)ccc21. The average molecular weight is 639 g/mol. The first-order valence-electron chi connectivity index (χ1n) is 11.3. The van der Waals surface area contributed by atoms with Crippen LogP contribution in [0.15, 0.2) is 27.7 Å². The van der Waals surface area contributed by atoms with Gasteiger partial charge in [-0.3, -0.25) is 9.59 Å². The van der Waals surface area contributed by atoms with Crippen LogP contribution in [0.25, 0.3) is 10.2 Å². The van der Waals surface area contributed by atoms with E-state index >= 15 is 0 Å². The third-order valence-corrected chi connectivity index (χ3v) is 8.55. The van der Waals surface area contributed by atoms with Crippen molar-refractivity contribution in [1.29, 1.82) is 0 Å². The largest absolute Gasteiger partial charge is 0.462 e. The van der Waals surface area contributed by atoms with E-state index in [1.807, 2.05) is 18.2 Å². The molecule has 0 aliphatic carbocycles. The molecule has 1 aromatic carbocycles. The molecule has 0 fully saturated rings. The lowest BCUT2D eigenvalue weighted by atomic mass is 10.1. The predicted octanol–water partition coefficient (Wildman–Crippen LogP) is 4.62. The van der Waals surface area contributed by atoms with Crippen molar-refractivity contribution in [2.75, 3.05) is 30.0 Å². The van der Waals surface area contributed by atoms with Gasteiger partial charge >= 0.3 is 11.9 Å². The molecule has 3 aromatic rings. The molecule has 2 heterocycles. The van der Waals surface area contributed by atoms with Crippen LogP contribution in [-0.2, 0) is 25.6 Å². The maximum absolute atomic E-state index is 12.6. The standard InChI is InChI=1S/C25H24BrN3O6S3/c1-5-10-29-16-9-8-15(26)11-17(16)37-25(29)28-19(31)13-36-12-18(30)27-22-20(23(32)34-6-2)14(4)21(38-22)24(33)35-7-3/h1,8-9,11H,6-7,10,12-13H2,2-4H3,(H,27,30). The highest BCUT2D eigenvalue weighted by Gasteiger charge is 2.27. The summed E-state index contributed by atoms with van der Waals surface area (Å²) in [7, 11) is 0. The molecule has 0 aliphatic heterocycles. The van der Waals surface area contributed by atoms with E-state index in [1.165, 1.54) is 11.3 Å². The van der Waals surface area contributed by atoms with E-state index in [4.69, 9.17) is 15.9 Å². The monoisotopic (exact) mass is 637 g/mol. The summed E-state index contributed by atoms with van der Waals surface area (Å²) in [5, 5.41) is 2.85. The summed E-state index contributed by atoms with van der Waals surface area (Å²) < 4.78 is 13.8. The number of nitrogens with one attached hydrogen (secondary N) is 1. The molecule has 3 rings (SSSR count). The van der Waals surface area contributed by atoms with Crippen molar-refractivity contribution in [1.82, 2.24) is 4.57 Å². The number of rotatable bonds is 10. The summed E-state index contributed by atoms with van der Waals surface area (Å²) in [4.78, 5) is 54.9. The number of anilines is 1. The van der Waals surface area contributed by atoms with Gasteiger partial charge in [0.25, 0.3) is 5.91 Å². The lowest BCUT2D eigenvalue weighted by molar-refractivity contribution is -0.115. The molecule has 0 bridgehead atoms. The van der Waals surface area contributed by atoms with Crippen LogP contribution in [-0.4, -0.2) is 53.0 Å². The Morgan fingerprint density at radius 1 is 1.13 bits per heavy atom. The van der Waals surface area contributed by atoms with Gasteiger partial charge in [0.2, 0.25) is 5.91 Å². The summed E-state index contributed by atoms with van der Waals surface area (Å²) >= 11 is 6.80. The Balaban J connectivity index is 1.70. The third-order valence-electron chi connectivity index (χ3n) is 4.91. The second-order valence-corrected chi connectivity index (χ2v) is 11.5. The molecule has 200 valence electrons. The molecule has 2 amide bonds. The molecule has 0 atom stereocenters. The minimum atomic E-state index is -0.649. The zero-order chi connectivity index (χ0) is 27.8. The lowest BCUT2D eigenvalue weighted by Gasteiger charge is -2.06. The second kappa shape index (κ2) is 13.7. The Kier molecular flexibility index (Phi) is 10.7. The summed E-state index contributed by atoms with van der Waals surface area (Å²) in [6.07, 6.45) is 5.50. The number of carbonyl (C=O) groups is 4. The van der Waals surface area contributed by atoms with Crippen molar-refractivity contribution in [3.8, 4) is 12.3 Å². The fourth-order valence-corrected chi connectivity index (χ4v) is 6.65. The zero-order valence-electron chi connectivity index (χ0n) is 20.8. The van der Waals surface area contributed by atoms with Crippen molar-refractivity contribution < 1.29 is 28.7 Å². The maximum Gasteiger partial charge on any atom is 0.348 e. The number of terminal acetylenes is 1. The number of amides is 2. The van der Waals surface area contributed by atoms with Crippen LogP contribution < -0.4 is 10.1 Å². The fraction of sp³-hybridized carbons (Fsp3) is 0.320. The number of fused-ring (bicyclic) bond motifs is 1. The highest BCUT2D eigenvalue weighted by atomic mass is 79.9. The Labute approximate surface area is 239 Å². The highest BCUT2D eigenvalue weighted by molar-refractivity contribution is 9.10. The molecular weight excluding hydrogens is 614 g/mol. The molecule has 0 radical (unpaired) electrons. The van der Waals surface area contributed by atoms with Crippen LogP contribution in [0.4, 0.5) is 5.00 Å². The Hall–Kier alpha value is -2.92. The van der Waals surface area contributed by atoms with Gasteiger partial charge in [0, 0.05) is 4.47 Å². The molecular formula is C25H24BrN3O6S3. The van der Waals surface area contributed by atoms with Crippen LogP contribution >= 0.6 is 50.4 Å². The topological polar surface area (TPSA) is 116 Å². The van der Waals surface area contributed by atoms with Crippen molar-refractivity contribution in [2.24, 2.45) is 4.99 Å². The van der Waals surface area contributed by atoms with Gasteiger partial charge in [-0.1, -0.05) is 33.2 Å². The number of halogens is 1. The van der Waals surface area contributed by atoms with Crippen LogP contribution in [0.1, 0.15) is 39.4 Å².